The number of imidazole rings is 2. The summed E-state index contributed by atoms with van der Waals surface area (Å²) < 4.78 is 8.24. The highest BCUT2D eigenvalue weighted by Crippen LogP contribution is 2.10. The Labute approximate surface area is 199 Å². The minimum atomic E-state index is 0.833. The molecule has 0 aliphatic carbocycles. The molecule has 0 saturated carbocycles. The second-order valence-corrected chi connectivity index (χ2v) is 8.01. The molecular weight excluding hydrogens is 428 g/mol. The molecule has 0 fully saturated rings. The number of nitrogens with zero attached hydrogens (tertiary/aromatic N) is 6. The van der Waals surface area contributed by atoms with Crippen LogP contribution in [0.3, 0.4) is 0 Å². The number of hydrogen-bond donors (Lipinski definition) is 2. The molecule has 2 heterocycles. The largest absolute Gasteiger partial charge is 0.411 e. The molecule has 4 aromatic rings. The molecule has 0 aliphatic rings. The number of rotatable bonds is 11. The second-order valence-electron chi connectivity index (χ2n) is 8.01. The zero-order valence-corrected chi connectivity index (χ0v) is 19.1. The number of hydrogen-bond acceptors (Lipinski definition) is 4. The summed E-state index contributed by atoms with van der Waals surface area (Å²) in [5, 5.41) is 24.8. The monoisotopic (exact) mass is 458 g/mol. The van der Waals surface area contributed by atoms with Gasteiger partial charge in [0.25, 0.3) is 0 Å². The maximum Gasteiger partial charge on any atom is 0.308 e. The minimum Gasteiger partial charge on any atom is -0.411 e. The predicted octanol–water partition coefficient (Wildman–Crippen LogP) is 3.72. The van der Waals surface area contributed by atoms with Gasteiger partial charge in [-0.25, -0.2) is 9.13 Å². The van der Waals surface area contributed by atoms with E-state index in [4.69, 9.17) is 10.4 Å². The highest BCUT2D eigenvalue weighted by Gasteiger charge is 2.18. The van der Waals surface area contributed by atoms with Crippen LogP contribution in [0.2, 0.25) is 0 Å². The summed E-state index contributed by atoms with van der Waals surface area (Å²) in [6.45, 7) is 1.70. The van der Waals surface area contributed by atoms with Crippen LogP contribution in [0.4, 0.5) is 0 Å². The topological polar surface area (TPSA) is 82.8 Å². The second kappa shape index (κ2) is 11.6. The molecule has 0 radical (unpaired) electrons. The first-order valence-electron chi connectivity index (χ1n) is 11.5. The van der Waals surface area contributed by atoms with E-state index in [9.17, 15) is 0 Å². The summed E-state index contributed by atoms with van der Waals surface area (Å²) in [7, 11) is 0. The average Bonchev–Trinajstić information content (AvgIpc) is 3.47. The Morgan fingerprint density at radius 2 is 1.03 bits per heavy atom. The van der Waals surface area contributed by atoms with E-state index < -0.39 is 0 Å². The van der Waals surface area contributed by atoms with Crippen LogP contribution in [-0.4, -0.2) is 32.0 Å². The summed E-state index contributed by atoms with van der Waals surface area (Å²) in [6, 6.07) is 20.0. The first-order valence-corrected chi connectivity index (χ1v) is 11.5. The number of para-hydroxylation sites is 2. The van der Waals surface area contributed by atoms with Crippen LogP contribution in [0.5, 0.6) is 0 Å². The van der Waals surface area contributed by atoms with Gasteiger partial charge in [0.05, 0.1) is 13.1 Å². The maximum absolute atomic E-state index is 9.13. The number of benzene rings is 2. The fraction of sp³-hybridized carbons (Fsp3) is 0.231. The van der Waals surface area contributed by atoms with Gasteiger partial charge in [0.2, 0.25) is 0 Å². The van der Waals surface area contributed by atoms with Crippen molar-refractivity contribution >= 4 is 12.4 Å². The Hall–Kier alpha value is -4.20. The first kappa shape index (κ1) is 23.0. The van der Waals surface area contributed by atoms with Crippen LogP contribution in [-0.2, 0) is 13.1 Å². The molecule has 2 N–H and O–H groups in total. The standard InChI is InChI=1S/C26H28N6O2/c33-27-21-25-29(17-19-31(25)23-11-5-3-6-12-23)15-9-1-2-10-16-30-18-20-32(26(30)22-28-34)24-13-7-4-8-14-24/h3-8,11-14,17-22H,1-2,9-10,15-16H2/p+2. The van der Waals surface area contributed by atoms with Gasteiger partial charge in [-0.3, -0.25) is 0 Å². The van der Waals surface area contributed by atoms with Crippen LogP contribution in [0, 0.1) is 0 Å². The molecule has 0 bridgehead atoms. The zero-order chi connectivity index (χ0) is 23.6. The van der Waals surface area contributed by atoms with E-state index in [-0.39, 0.29) is 0 Å². The summed E-state index contributed by atoms with van der Waals surface area (Å²) in [4.78, 5) is 0. The van der Waals surface area contributed by atoms with Crippen LogP contribution in [0.25, 0.3) is 11.4 Å². The van der Waals surface area contributed by atoms with Gasteiger partial charge in [0.15, 0.2) is 12.4 Å². The third kappa shape index (κ3) is 5.40. The Morgan fingerprint density at radius 3 is 1.41 bits per heavy atom. The lowest BCUT2D eigenvalue weighted by Gasteiger charge is -2.03. The van der Waals surface area contributed by atoms with Crippen molar-refractivity contribution in [3.8, 4) is 11.4 Å². The lowest BCUT2D eigenvalue weighted by molar-refractivity contribution is -0.698. The number of unbranched alkanes of at least 4 members (excludes halogenated alkanes) is 3. The van der Waals surface area contributed by atoms with Crippen molar-refractivity contribution in [2.75, 3.05) is 0 Å². The Morgan fingerprint density at radius 1 is 0.618 bits per heavy atom. The van der Waals surface area contributed by atoms with E-state index in [0.29, 0.717) is 0 Å². The molecule has 0 atom stereocenters. The molecule has 0 aliphatic heterocycles. The van der Waals surface area contributed by atoms with Gasteiger partial charge in [-0.2, -0.15) is 9.13 Å². The van der Waals surface area contributed by atoms with Crippen molar-refractivity contribution < 1.29 is 19.5 Å². The smallest absolute Gasteiger partial charge is 0.308 e. The molecule has 0 spiro atoms. The molecule has 8 nitrogen and oxygen atoms in total. The maximum atomic E-state index is 9.13. The quantitative estimate of drug-likeness (QED) is 0.118. The van der Waals surface area contributed by atoms with Gasteiger partial charge < -0.3 is 10.4 Å². The summed E-state index contributed by atoms with van der Waals surface area (Å²) in [6.07, 6.45) is 15.2. The van der Waals surface area contributed by atoms with Gasteiger partial charge in [-0.1, -0.05) is 46.7 Å². The third-order valence-corrected chi connectivity index (χ3v) is 5.84. The van der Waals surface area contributed by atoms with Crippen molar-refractivity contribution in [3.05, 3.63) is 97.1 Å². The molecule has 0 amide bonds. The first-order chi connectivity index (χ1) is 16.8. The molecular formula is C26H30N6O2+2. The minimum absolute atomic E-state index is 0.833. The Kier molecular flexibility index (Phi) is 7.84. The lowest BCUT2D eigenvalue weighted by atomic mass is 10.2. The molecule has 0 saturated heterocycles. The fourth-order valence-electron chi connectivity index (χ4n) is 4.16. The molecule has 34 heavy (non-hydrogen) atoms. The molecule has 0 unspecified atom stereocenters. The van der Waals surface area contributed by atoms with Crippen LogP contribution in [0.1, 0.15) is 37.3 Å². The van der Waals surface area contributed by atoms with Crippen LogP contribution < -0.4 is 9.13 Å². The van der Waals surface area contributed by atoms with Gasteiger partial charge in [-0.05, 0) is 49.9 Å². The molecule has 2 aromatic heterocycles. The molecule has 2 aromatic carbocycles. The average molecular weight is 459 g/mol. The van der Waals surface area contributed by atoms with E-state index in [2.05, 4.69) is 19.4 Å². The van der Waals surface area contributed by atoms with E-state index >= 15 is 0 Å². The molecule has 174 valence electrons. The fourth-order valence-corrected chi connectivity index (χ4v) is 4.16. The van der Waals surface area contributed by atoms with Crippen LogP contribution in [0.15, 0.2) is 95.8 Å². The van der Waals surface area contributed by atoms with E-state index in [0.717, 1.165) is 61.8 Å². The van der Waals surface area contributed by atoms with Crippen molar-refractivity contribution in [3.63, 3.8) is 0 Å². The van der Waals surface area contributed by atoms with E-state index in [1.54, 1.807) is 0 Å². The highest BCUT2D eigenvalue weighted by atomic mass is 16.4. The SMILES string of the molecule is O/N=C/c1n(-c2ccccc2)cc[n+]1CCCCCC[n+]1ccn(-c2ccccc2)c1/C=N/O. The van der Waals surface area contributed by atoms with Crippen molar-refractivity contribution in [1.82, 2.24) is 9.13 Å². The van der Waals surface area contributed by atoms with E-state index in [1.807, 2.05) is 94.6 Å². The number of aromatic nitrogens is 4. The highest BCUT2D eigenvalue weighted by molar-refractivity contribution is 5.74. The van der Waals surface area contributed by atoms with Gasteiger partial charge in [0.1, 0.15) is 36.2 Å². The zero-order valence-electron chi connectivity index (χ0n) is 19.1. The summed E-state index contributed by atoms with van der Waals surface area (Å²) in [5.74, 6) is 1.67. The van der Waals surface area contributed by atoms with Crippen molar-refractivity contribution in [1.29, 1.82) is 0 Å². The third-order valence-electron chi connectivity index (χ3n) is 5.84. The van der Waals surface area contributed by atoms with Crippen molar-refractivity contribution in [2.24, 2.45) is 10.3 Å². The Bertz CT molecular complexity index is 1130. The van der Waals surface area contributed by atoms with Gasteiger partial charge in [-0.15, -0.1) is 0 Å². The lowest BCUT2D eigenvalue weighted by Crippen LogP contribution is -2.37. The molecule has 8 heteroatoms. The normalized spacial score (nSPS) is 11.6. The Balaban J connectivity index is 1.31. The van der Waals surface area contributed by atoms with Gasteiger partial charge >= 0.3 is 11.6 Å². The number of oxime groups is 2. The summed E-state index contributed by atoms with van der Waals surface area (Å²) in [5.41, 5.74) is 2.05. The molecule has 4 rings (SSSR count). The van der Waals surface area contributed by atoms with Crippen LogP contribution >= 0.6 is 0 Å². The number of aryl methyl sites for hydroxylation is 2. The van der Waals surface area contributed by atoms with Crippen molar-refractivity contribution in [2.45, 2.75) is 38.8 Å². The summed E-state index contributed by atoms with van der Waals surface area (Å²) >= 11 is 0. The van der Waals surface area contributed by atoms with E-state index in [1.165, 1.54) is 12.4 Å². The predicted molar refractivity (Wildman–Crippen MR) is 129 cm³/mol. The van der Waals surface area contributed by atoms with Gasteiger partial charge in [0, 0.05) is 0 Å².